The van der Waals surface area contributed by atoms with Crippen LogP contribution in [0.2, 0.25) is 0 Å². The Balaban J connectivity index is 2.09. The molecule has 1 fully saturated rings. The van der Waals surface area contributed by atoms with Gasteiger partial charge in [-0.15, -0.1) is 0 Å². The zero-order valence-electron chi connectivity index (χ0n) is 11.5. The molecule has 4 heteroatoms. The van der Waals surface area contributed by atoms with Crippen LogP contribution in [0.15, 0.2) is 18.2 Å². The van der Waals surface area contributed by atoms with Crippen molar-refractivity contribution in [3.63, 3.8) is 0 Å². The van der Waals surface area contributed by atoms with Crippen molar-refractivity contribution in [2.75, 3.05) is 7.11 Å². The fraction of sp³-hybridized carbons (Fsp3) is 0.600. The number of hydrogen-bond donors (Lipinski definition) is 2. The van der Waals surface area contributed by atoms with Gasteiger partial charge in [0.15, 0.2) is 11.6 Å². The van der Waals surface area contributed by atoms with Gasteiger partial charge in [0.25, 0.3) is 0 Å². The number of hydrogen-bond acceptors (Lipinski definition) is 3. The SMILES string of the molecule is COc1cccc(CC(NN)C2CCCCC2)c1F. The number of hydrazine groups is 1. The highest BCUT2D eigenvalue weighted by Gasteiger charge is 2.24. The Morgan fingerprint density at radius 2 is 2.11 bits per heavy atom. The number of ether oxygens (including phenoxy) is 1. The van der Waals surface area contributed by atoms with Crippen LogP contribution < -0.4 is 16.0 Å². The summed E-state index contributed by atoms with van der Waals surface area (Å²) in [6.07, 6.45) is 6.79. The van der Waals surface area contributed by atoms with Crippen LogP contribution in [0.3, 0.4) is 0 Å². The maximum atomic E-state index is 14.1. The molecule has 106 valence electrons. The molecule has 0 aromatic heterocycles. The van der Waals surface area contributed by atoms with Gasteiger partial charge < -0.3 is 4.74 Å². The summed E-state index contributed by atoms with van der Waals surface area (Å²) in [5.41, 5.74) is 3.55. The molecule has 1 aromatic carbocycles. The zero-order valence-corrected chi connectivity index (χ0v) is 11.5. The van der Waals surface area contributed by atoms with Crippen LogP contribution in [0.4, 0.5) is 4.39 Å². The molecule has 0 amide bonds. The van der Waals surface area contributed by atoms with E-state index in [1.807, 2.05) is 12.1 Å². The summed E-state index contributed by atoms with van der Waals surface area (Å²) >= 11 is 0. The van der Waals surface area contributed by atoms with Crippen molar-refractivity contribution in [1.82, 2.24) is 5.43 Å². The molecule has 1 saturated carbocycles. The van der Waals surface area contributed by atoms with Gasteiger partial charge in [0.1, 0.15) is 0 Å². The molecule has 0 heterocycles. The van der Waals surface area contributed by atoms with Crippen LogP contribution in [0.5, 0.6) is 5.75 Å². The Hall–Kier alpha value is -1.13. The molecule has 19 heavy (non-hydrogen) atoms. The monoisotopic (exact) mass is 266 g/mol. The van der Waals surface area contributed by atoms with E-state index in [4.69, 9.17) is 10.6 Å². The van der Waals surface area contributed by atoms with Crippen LogP contribution >= 0.6 is 0 Å². The first-order valence-corrected chi connectivity index (χ1v) is 7.03. The highest BCUT2D eigenvalue weighted by Crippen LogP contribution is 2.29. The van der Waals surface area contributed by atoms with Crippen molar-refractivity contribution < 1.29 is 9.13 Å². The van der Waals surface area contributed by atoms with Crippen LogP contribution in [0.1, 0.15) is 37.7 Å². The second kappa shape index (κ2) is 6.87. The van der Waals surface area contributed by atoms with Gasteiger partial charge in [0.2, 0.25) is 0 Å². The van der Waals surface area contributed by atoms with Crippen LogP contribution in [0, 0.1) is 11.7 Å². The summed E-state index contributed by atoms with van der Waals surface area (Å²) < 4.78 is 19.2. The summed E-state index contributed by atoms with van der Waals surface area (Å²) in [5, 5.41) is 0. The van der Waals surface area contributed by atoms with E-state index in [0.29, 0.717) is 23.7 Å². The van der Waals surface area contributed by atoms with E-state index in [1.165, 1.54) is 39.2 Å². The lowest BCUT2D eigenvalue weighted by atomic mass is 9.82. The molecule has 2 rings (SSSR count). The van der Waals surface area contributed by atoms with E-state index >= 15 is 0 Å². The second-order valence-corrected chi connectivity index (χ2v) is 5.31. The molecule has 1 unspecified atom stereocenters. The molecule has 0 radical (unpaired) electrons. The number of rotatable bonds is 5. The lowest BCUT2D eigenvalue weighted by Gasteiger charge is -2.30. The van der Waals surface area contributed by atoms with E-state index in [9.17, 15) is 4.39 Å². The van der Waals surface area contributed by atoms with Crippen molar-refractivity contribution in [2.24, 2.45) is 11.8 Å². The van der Waals surface area contributed by atoms with Crippen LogP contribution in [-0.2, 0) is 6.42 Å². The highest BCUT2D eigenvalue weighted by atomic mass is 19.1. The lowest BCUT2D eigenvalue weighted by Crippen LogP contribution is -2.43. The molecule has 3 N–H and O–H groups in total. The minimum atomic E-state index is -0.263. The molecule has 1 aromatic rings. The van der Waals surface area contributed by atoms with Gasteiger partial charge in [-0.1, -0.05) is 31.4 Å². The topological polar surface area (TPSA) is 47.3 Å². The highest BCUT2D eigenvalue weighted by molar-refractivity contribution is 5.31. The minimum absolute atomic E-state index is 0.141. The third kappa shape index (κ3) is 3.45. The summed E-state index contributed by atoms with van der Waals surface area (Å²) in [5.74, 6) is 6.25. The largest absolute Gasteiger partial charge is 0.494 e. The predicted molar refractivity (Wildman–Crippen MR) is 74.3 cm³/mol. The molecule has 1 aliphatic carbocycles. The van der Waals surface area contributed by atoms with Crippen LogP contribution in [-0.4, -0.2) is 13.2 Å². The molecule has 3 nitrogen and oxygen atoms in total. The Bertz CT molecular complexity index is 405. The van der Waals surface area contributed by atoms with E-state index in [-0.39, 0.29) is 11.9 Å². The molecule has 0 spiro atoms. The fourth-order valence-electron chi connectivity index (χ4n) is 3.01. The Morgan fingerprint density at radius 1 is 1.37 bits per heavy atom. The summed E-state index contributed by atoms with van der Waals surface area (Å²) in [7, 11) is 1.49. The number of nitrogens with one attached hydrogen (secondary N) is 1. The van der Waals surface area contributed by atoms with E-state index < -0.39 is 0 Å². The smallest absolute Gasteiger partial charge is 0.168 e. The predicted octanol–water partition coefficient (Wildman–Crippen LogP) is 2.79. The average molecular weight is 266 g/mol. The number of halogens is 1. The lowest BCUT2D eigenvalue weighted by molar-refractivity contribution is 0.266. The van der Waals surface area contributed by atoms with E-state index in [0.717, 1.165) is 0 Å². The van der Waals surface area contributed by atoms with Crippen LogP contribution in [0.25, 0.3) is 0 Å². The number of benzene rings is 1. The van der Waals surface area contributed by atoms with Crippen molar-refractivity contribution in [2.45, 2.75) is 44.6 Å². The molecule has 0 aliphatic heterocycles. The van der Waals surface area contributed by atoms with Crippen molar-refractivity contribution in [3.05, 3.63) is 29.6 Å². The first-order chi connectivity index (χ1) is 9.26. The fourth-order valence-corrected chi connectivity index (χ4v) is 3.01. The normalized spacial score (nSPS) is 18.3. The molecular weight excluding hydrogens is 243 g/mol. The summed E-state index contributed by atoms with van der Waals surface area (Å²) in [6, 6.07) is 5.42. The first kappa shape index (κ1) is 14.3. The molecular formula is C15H23FN2O. The first-order valence-electron chi connectivity index (χ1n) is 7.03. The average Bonchev–Trinajstić information content (AvgIpc) is 2.47. The van der Waals surface area contributed by atoms with Crippen molar-refractivity contribution in [3.8, 4) is 5.75 Å². The number of nitrogens with two attached hydrogens (primary N) is 1. The Morgan fingerprint density at radius 3 is 2.74 bits per heavy atom. The van der Waals surface area contributed by atoms with E-state index in [1.54, 1.807) is 6.07 Å². The minimum Gasteiger partial charge on any atom is -0.494 e. The standard InChI is InChI=1S/C15H23FN2O/c1-19-14-9-5-8-12(15(14)16)10-13(18-17)11-6-3-2-4-7-11/h5,8-9,11,13,18H,2-4,6-7,10,17H2,1H3. The van der Waals surface area contributed by atoms with Gasteiger partial charge in [-0.3, -0.25) is 11.3 Å². The van der Waals surface area contributed by atoms with Gasteiger partial charge in [-0.05, 0) is 36.8 Å². The van der Waals surface area contributed by atoms with Gasteiger partial charge in [0, 0.05) is 6.04 Å². The summed E-state index contributed by atoms with van der Waals surface area (Å²) in [4.78, 5) is 0. The number of methoxy groups -OCH3 is 1. The molecule has 0 bridgehead atoms. The molecule has 0 saturated heterocycles. The third-order valence-electron chi connectivity index (χ3n) is 4.14. The second-order valence-electron chi connectivity index (χ2n) is 5.31. The Labute approximate surface area is 114 Å². The van der Waals surface area contributed by atoms with Crippen molar-refractivity contribution >= 4 is 0 Å². The maximum absolute atomic E-state index is 14.1. The van der Waals surface area contributed by atoms with Gasteiger partial charge in [0.05, 0.1) is 7.11 Å². The van der Waals surface area contributed by atoms with Gasteiger partial charge in [-0.25, -0.2) is 4.39 Å². The third-order valence-corrected chi connectivity index (χ3v) is 4.14. The van der Waals surface area contributed by atoms with E-state index in [2.05, 4.69) is 5.43 Å². The van der Waals surface area contributed by atoms with Gasteiger partial charge in [-0.2, -0.15) is 0 Å². The van der Waals surface area contributed by atoms with Gasteiger partial charge >= 0.3 is 0 Å². The maximum Gasteiger partial charge on any atom is 0.168 e. The Kier molecular flexibility index (Phi) is 5.16. The zero-order chi connectivity index (χ0) is 13.7. The van der Waals surface area contributed by atoms with Crippen molar-refractivity contribution in [1.29, 1.82) is 0 Å². The molecule has 1 atom stereocenters. The molecule has 1 aliphatic rings. The quantitative estimate of drug-likeness (QED) is 0.636. The summed E-state index contributed by atoms with van der Waals surface area (Å²) in [6.45, 7) is 0.